The molecule has 0 saturated heterocycles. The van der Waals surface area contributed by atoms with Crippen molar-refractivity contribution in [3.05, 3.63) is 12.8 Å². The van der Waals surface area contributed by atoms with E-state index < -0.39 is 35.8 Å². The number of ether oxygens (including phenoxy) is 1. The van der Waals surface area contributed by atoms with Crippen LogP contribution in [0.2, 0.25) is 0 Å². The highest BCUT2D eigenvalue weighted by Gasteiger charge is 2.55. The molecule has 0 aliphatic heterocycles. The van der Waals surface area contributed by atoms with Gasteiger partial charge in [-0.05, 0) is 6.92 Å². The fourth-order valence-corrected chi connectivity index (χ4v) is 1.18. The lowest BCUT2D eigenvalue weighted by Crippen LogP contribution is -2.48. The minimum atomic E-state index is -2.90. The minimum absolute atomic E-state index is 0.695. The number of carboxylic acid groups (broad SMARTS) is 3. The lowest BCUT2D eigenvalue weighted by atomic mass is 9.82. The van der Waals surface area contributed by atoms with Crippen LogP contribution in [0.5, 0.6) is 0 Å². The van der Waals surface area contributed by atoms with E-state index in [9.17, 15) is 14.4 Å². The first kappa shape index (κ1) is 13.9. The lowest BCUT2D eigenvalue weighted by Gasteiger charge is -2.23. The standard InChI is InChI=1S/C9H12O7/c1-3-16-5(2)4-9(6(10)11,7(12)13)8(14)15/h3,5H,1,4H2,2H3,(H,10,11)(H,12,13)(H,14,15). The molecule has 3 N–H and O–H groups in total. The van der Waals surface area contributed by atoms with Gasteiger partial charge in [-0.25, -0.2) is 0 Å². The highest BCUT2D eigenvalue weighted by Crippen LogP contribution is 2.26. The van der Waals surface area contributed by atoms with E-state index in [2.05, 4.69) is 6.58 Å². The van der Waals surface area contributed by atoms with E-state index in [0.29, 0.717) is 0 Å². The summed E-state index contributed by atoms with van der Waals surface area (Å²) in [5.41, 5.74) is -2.90. The molecule has 0 rings (SSSR count). The molecule has 0 aromatic heterocycles. The van der Waals surface area contributed by atoms with Gasteiger partial charge in [0.15, 0.2) is 0 Å². The molecule has 0 radical (unpaired) electrons. The second kappa shape index (κ2) is 5.15. The van der Waals surface area contributed by atoms with Crippen LogP contribution in [0.4, 0.5) is 0 Å². The second-order valence-electron chi connectivity index (χ2n) is 3.14. The highest BCUT2D eigenvalue weighted by molar-refractivity contribution is 6.16. The Morgan fingerprint density at radius 3 is 1.88 bits per heavy atom. The quantitative estimate of drug-likeness (QED) is 0.422. The van der Waals surface area contributed by atoms with Crippen LogP contribution in [0.3, 0.4) is 0 Å². The second-order valence-corrected chi connectivity index (χ2v) is 3.14. The third kappa shape index (κ3) is 2.50. The van der Waals surface area contributed by atoms with Gasteiger partial charge >= 0.3 is 17.9 Å². The third-order valence-electron chi connectivity index (χ3n) is 2.02. The first-order valence-corrected chi connectivity index (χ1v) is 4.25. The summed E-state index contributed by atoms with van der Waals surface area (Å²) in [5, 5.41) is 26.2. The average Bonchev–Trinajstić information content (AvgIpc) is 2.12. The summed E-state index contributed by atoms with van der Waals surface area (Å²) in [6.07, 6.45) is -0.596. The molecule has 90 valence electrons. The third-order valence-corrected chi connectivity index (χ3v) is 2.02. The van der Waals surface area contributed by atoms with Crippen LogP contribution in [0.25, 0.3) is 0 Å². The predicted octanol–water partition coefficient (Wildman–Crippen LogP) is 0.165. The zero-order valence-electron chi connectivity index (χ0n) is 8.54. The van der Waals surface area contributed by atoms with Gasteiger partial charge in [-0.2, -0.15) is 0 Å². The average molecular weight is 232 g/mol. The van der Waals surface area contributed by atoms with Crippen molar-refractivity contribution < 1.29 is 34.4 Å². The van der Waals surface area contributed by atoms with E-state index in [1.54, 1.807) is 0 Å². The van der Waals surface area contributed by atoms with Gasteiger partial charge in [0.25, 0.3) is 5.41 Å². The van der Waals surface area contributed by atoms with Gasteiger partial charge in [-0.3, -0.25) is 14.4 Å². The summed E-state index contributed by atoms with van der Waals surface area (Å²) in [4.78, 5) is 32.4. The van der Waals surface area contributed by atoms with Crippen LogP contribution in [0.15, 0.2) is 12.8 Å². The fraction of sp³-hybridized carbons (Fsp3) is 0.444. The van der Waals surface area contributed by atoms with Crippen molar-refractivity contribution in [1.29, 1.82) is 0 Å². The normalized spacial score (nSPS) is 12.6. The Hall–Kier alpha value is -2.05. The van der Waals surface area contributed by atoms with Gasteiger partial charge in [0.05, 0.1) is 12.4 Å². The van der Waals surface area contributed by atoms with Gasteiger partial charge < -0.3 is 20.1 Å². The molecule has 0 fully saturated rings. The van der Waals surface area contributed by atoms with Gasteiger partial charge in [0.2, 0.25) is 0 Å². The summed E-state index contributed by atoms with van der Waals surface area (Å²) >= 11 is 0. The molecule has 0 aliphatic rings. The zero-order valence-corrected chi connectivity index (χ0v) is 8.54. The van der Waals surface area contributed by atoms with Crippen LogP contribution in [-0.4, -0.2) is 39.3 Å². The van der Waals surface area contributed by atoms with Gasteiger partial charge in [-0.15, -0.1) is 0 Å². The van der Waals surface area contributed by atoms with Crippen molar-refractivity contribution in [2.45, 2.75) is 19.4 Å². The fourth-order valence-electron chi connectivity index (χ4n) is 1.18. The zero-order chi connectivity index (χ0) is 12.9. The Morgan fingerprint density at radius 2 is 1.62 bits per heavy atom. The monoisotopic (exact) mass is 232 g/mol. The van der Waals surface area contributed by atoms with Crippen molar-refractivity contribution >= 4 is 17.9 Å². The number of carbonyl (C=O) groups is 3. The minimum Gasteiger partial charge on any atom is -0.499 e. The molecule has 0 aliphatic carbocycles. The number of carboxylic acids is 3. The Bertz CT molecular complexity index is 284. The molecule has 7 heteroatoms. The molecule has 0 aromatic carbocycles. The molecule has 0 amide bonds. The molecule has 7 nitrogen and oxygen atoms in total. The summed E-state index contributed by atoms with van der Waals surface area (Å²) in [6.45, 7) is 4.55. The molecule has 0 saturated carbocycles. The Balaban J connectivity index is 5.21. The van der Waals surface area contributed by atoms with E-state index in [1.165, 1.54) is 6.92 Å². The number of hydrogen-bond donors (Lipinski definition) is 3. The largest absolute Gasteiger partial charge is 0.499 e. The molecule has 0 bridgehead atoms. The van der Waals surface area contributed by atoms with Crippen LogP contribution < -0.4 is 0 Å². The smallest absolute Gasteiger partial charge is 0.332 e. The maximum atomic E-state index is 10.8. The van der Waals surface area contributed by atoms with Crippen LogP contribution >= 0.6 is 0 Å². The molecular formula is C9H12O7. The Labute approximate surface area is 90.9 Å². The maximum Gasteiger partial charge on any atom is 0.332 e. The molecule has 16 heavy (non-hydrogen) atoms. The topological polar surface area (TPSA) is 121 Å². The predicted molar refractivity (Wildman–Crippen MR) is 50.7 cm³/mol. The summed E-state index contributed by atoms with van der Waals surface area (Å²) in [7, 11) is 0. The van der Waals surface area contributed by atoms with Crippen LogP contribution in [0, 0.1) is 5.41 Å². The number of rotatable bonds is 7. The Morgan fingerprint density at radius 1 is 1.25 bits per heavy atom. The van der Waals surface area contributed by atoms with Crippen molar-refractivity contribution in [3.8, 4) is 0 Å². The molecule has 0 aromatic rings. The molecule has 1 atom stereocenters. The van der Waals surface area contributed by atoms with E-state index >= 15 is 0 Å². The van der Waals surface area contributed by atoms with Crippen molar-refractivity contribution in [2.75, 3.05) is 0 Å². The van der Waals surface area contributed by atoms with E-state index in [4.69, 9.17) is 20.1 Å². The first-order chi connectivity index (χ1) is 7.28. The number of aliphatic carboxylic acids is 3. The lowest BCUT2D eigenvalue weighted by molar-refractivity contribution is -0.178. The van der Waals surface area contributed by atoms with Gasteiger partial charge in [0.1, 0.15) is 0 Å². The van der Waals surface area contributed by atoms with E-state index in [0.717, 1.165) is 6.26 Å². The van der Waals surface area contributed by atoms with E-state index in [-0.39, 0.29) is 0 Å². The maximum absolute atomic E-state index is 10.8. The van der Waals surface area contributed by atoms with Gasteiger partial charge in [0, 0.05) is 6.42 Å². The first-order valence-electron chi connectivity index (χ1n) is 4.25. The van der Waals surface area contributed by atoms with Crippen molar-refractivity contribution in [2.24, 2.45) is 5.41 Å². The van der Waals surface area contributed by atoms with Crippen molar-refractivity contribution in [3.63, 3.8) is 0 Å². The molecule has 0 spiro atoms. The number of hydrogen-bond acceptors (Lipinski definition) is 4. The van der Waals surface area contributed by atoms with Crippen molar-refractivity contribution in [1.82, 2.24) is 0 Å². The highest BCUT2D eigenvalue weighted by atomic mass is 16.5. The van der Waals surface area contributed by atoms with Crippen LogP contribution in [-0.2, 0) is 19.1 Å². The van der Waals surface area contributed by atoms with Gasteiger partial charge in [-0.1, -0.05) is 6.58 Å². The summed E-state index contributed by atoms with van der Waals surface area (Å²) < 4.78 is 4.72. The summed E-state index contributed by atoms with van der Waals surface area (Å²) in [5.74, 6) is -5.81. The molecular weight excluding hydrogens is 220 g/mol. The SMILES string of the molecule is C=COC(C)CC(C(=O)O)(C(=O)O)C(=O)O. The Kier molecular flexibility index (Phi) is 4.49. The molecule has 1 unspecified atom stereocenters. The molecule has 0 heterocycles. The van der Waals surface area contributed by atoms with Crippen LogP contribution in [0.1, 0.15) is 13.3 Å². The van der Waals surface area contributed by atoms with E-state index in [1.807, 2.05) is 0 Å². The summed E-state index contributed by atoms with van der Waals surface area (Å²) in [6, 6.07) is 0.